The van der Waals surface area contributed by atoms with Crippen molar-refractivity contribution in [2.45, 2.75) is 38.1 Å². The first kappa shape index (κ1) is 16.0. The van der Waals surface area contributed by atoms with Gasteiger partial charge in [-0.25, -0.2) is 13.4 Å². The lowest BCUT2D eigenvalue weighted by Crippen LogP contribution is -2.12. The van der Waals surface area contributed by atoms with E-state index in [0.717, 1.165) is 10.7 Å². The fourth-order valence-electron chi connectivity index (χ4n) is 2.10. The maximum absolute atomic E-state index is 12.3. The zero-order valence-corrected chi connectivity index (χ0v) is 14.1. The fourth-order valence-corrected chi connectivity index (χ4v) is 4.41. The Kier molecular flexibility index (Phi) is 5.00. The summed E-state index contributed by atoms with van der Waals surface area (Å²) in [6.45, 7) is 5.81. The second kappa shape index (κ2) is 6.58. The number of hydrogen-bond acceptors (Lipinski definition) is 5. The van der Waals surface area contributed by atoms with Gasteiger partial charge in [-0.05, 0) is 32.4 Å². The molecule has 1 unspecified atom stereocenters. The second-order valence-corrected chi connectivity index (χ2v) is 7.98. The van der Waals surface area contributed by atoms with Gasteiger partial charge in [0.05, 0.1) is 22.4 Å². The number of anilines is 1. The minimum absolute atomic E-state index is 0.0262. The van der Waals surface area contributed by atoms with E-state index in [2.05, 4.69) is 10.3 Å². The molecule has 0 saturated heterocycles. The Labute approximate surface area is 130 Å². The molecule has 0 spiro atoms. The Morgan fingerprint density at radius 2 is 2.05 bits per heavy atom. The third-order valence-corrected chi connectivity index (χ3v) is 6.19. The first-order valence-corrected chi connectivity index (χ1v) is 9.47. The summed E-state index contributed by atoms with van der Waals surface area (Å²) >= 11 is 1.58. The van der Waals surface area contributed by atoms with Crippen LogP contribution in [-0.2, 0) is 9.84 Å². The van der Waals surface area contributed by atoms with Crippen LogP contribution in [0.3, 0.4) is 0 Å². The number of para-hydroxylation sites is 1. The second-order valence-electron chi connectivity index (χ2n) is 5.01. The summed E-state index contributed by atoms with van der Waals surface area (Å²) in [4.78, 5) is 4.81. The minimum Gasteiger partial charge on any atom is -0.375 e. The molecule has 0 radical (unpaired) electrons. The molecule has 1 N–H and O–H groups in total. The molecule has 0 fully saturated rings. The third kappa shape index (κ3) is 3.83. The Bertz CT molecular complexity index is 708. The molecule has 0 aliphatic rings. The van der Waals surface area contributed by atoms with Crippen LogP contribution < -0.4 is 5.32 Å². The van der Waals surface area contributed by atoms with Crippen LogP contribution in [0.15, 0.2) is 34.5 Å². The molecule has 1 atom stereocenters. The quantitative estimate of drug-likeness (QED) is 0.878. The smallest absolute Gasteiger partial charge is 0.180 e. The molecule has 0 aliphatic carbocycles. The molecule has 4 nitrogen and oxygen atoms in total. The lowest BCUT2D eigenvalue weighted by Gasteiger charge is -2.16. The van der Waals surface area contributed by atoms with Crippen LogP contribution in [0.4, 0.5) is 5.69 Å². The van der Waals surface area contributed by atoms with Gasteiger partial charge < -0.3 is 5.32 Å². The molecule has 2 rings (SSSR count). The van der Waals surface area contributed by atoms with E-state index in [4.69, 9.17) is 0 Å². The molecule has 0 bridgehead atoms. The van der Waals surface area contributed by atoms with Crippen molar-refractivity contribution in [3.63, 3.8) is 0 Å². The highest BCUT2D eigenvalue weighted by Gasteiger charge is 2.19. The van der Waals surface area contributed by atoms with Crippen molar-refractivity contribution < 1.29 is 8.42 Å². The number of nitrogens with zero attached hydrogens (tertiary/aromatic N) is 1. The summed E-state index contributed by atoms with van der Waals surface area (Å²) in [6.07, 6.45) is 0.609. The number of aromatic nitrogens is 1. The van der Waals surface area contributed by atoms with Gasteiger partial charge in [-0.2, -0.15) is 0 Å². The van der Waals surface area contributed by atoms with E-state index in [1.54, 1.807) is 29.5 Å². The van der Waals surface area contributed by atoms with Crippen molar-refractivity contribution in [1.29, 1.82) is 0 Å². The van der Waals surface area contributed by atoms with Crippen LogP contribution in [0.2, 0.25) is 0 Å². The van der Waals surface area contributed by atoms with Crippen LogP contribution in [0, 0.1) is 6.92 Å². The van der Waals surface area contributed by atoms with E-state index in [-0.39, 0.29) is 11.8 Å². The van der Waals surface area contributed by atoms with E-state index in [9.17, 15) is 8.42 Å². The van der Waals surface area contributed by atoms with Crippen molar-refractivity contribution in [1.82, 2.24) is 4.98 Å². The molecule has 114 valence electrons. The van der Waals surface area contributed by atoms with E-state index in [1.807, 2.05) is 32.2 Å². The molecular formula is C15H20N2O2S2. The molecule has 6 heteroatoms. The van der Waals surface area contributed by atoms with Gasteiger partial charge in [0.1, 0.15) is 5.01 Å². The Morgan fingerprint density at radius 3 is 2.67 bits per heavy atom. The van der Waals surface area contributed by atoms with Crippen molar-refractivity contribution in [2.24, 2.45) is 0 Å². The normalized spacial score (nSPS) is 13.1. The first-order valence-electron chi connectivity index (χ1n) is 6.94. The molecule has 1 heterocycles. The SMILES string of the molecule is CCCS(=O)(=O)c1ccccc1NC(C)c1nc(C)cs1. The molecule has 0 amide bonds. The van der Waals surface area contributed by atoms with Gasteiger partial charge in [-0.3, -0.25) is 0 Å². The summed E-state index contributed by atoms with van der Waals surface area (Å²) in [6, 6.07) is 7.03. The Hall–Kier alpha value is -1.40. The molecule has 2 aromatic rings. The first-order chi connectivity index (χ1) is 9.94. The molecule has 1 aromatic carbocycles. The fraction of sp³-hybridized carbons (Fsp3) is 0.400. The van der Waals surface area contributed by atoms with E-state index < -0.39 is 9.84 Å². The highest BCUT2D eigenvalue weighted by atomic mass is 32.2. The van der Waals surface area contributed by atoms with Crippen LogP contribution in [0.5, 0.6) is 0 Å². The monoisotopic (exact) mass is 324 g/mol. The predicted molar refractivity (Wildman–Crippen MR) is 87.7 cm³/mol. The number of hydrogen-bond donors (Lipinski definition) is 1. The zero-order chi connectivity index (χ0) is 15.5. The summed E-state index contributed by atoms with van der Waals surface area (Å²) in [7, 11) is -3.24. The minimum atomic E-state index is -3.24. The number of nitrogens with one attached hydrogen (secondary N) is 1. The summed E-state index contributed by atoms with van der Waals surface area (Å²) < 4.78 is 24.6. The predicted octanol–water partition coefficient (Wildman–Crippen LogP) is 3.81. The van der Waals surface area contributed by atoms with Gasteiger partial charge in [-0.15, -0.1) is 11.3 Å². The van der Waals surface area contributed by atoms with Crippen molar-refractivity contribution >= 4 is 26.9 Å². The standard InChI is InChI=1S/C15H20N2O2S2/c1-4-9-21(18,19)14-8-6-5-7-13(14)17-12(3)15-16-11(2)10-20-15/h5-8,10,12,17H,4,9H2,1-3H3. The average Bonchev–Trinajstić information content (AvgIpc) is 2.86. The number of sulfone groups is 1. The highest BCUT2D eigenvalue weighted by Crippen LogP contribution is 2.28. The number of thiazole rings is 1. The van der Waals surface area contributed by atoms with Crippen LogP contribution in [0.25, 0.3) is 0 Å². The zero-order valence-electron chi connectivity index (χ0n) is 12.5. The summed E-state index contributed by atoms with van der Waals surface area (Å²) in [5, 5.41) is 6.22. The van der Waals surface area contributed by atoms with Crippen molar-refractivity contribution in [3.05, 3.63) is 40.3 Å². The van der Waals surface area contributed by atoms with Gasteiger partial charge in [-0.1, -0.05) is 19.1 Å². The number of aryl methyl sites for hydroxylation is 1. The van der Waals surface area contributed by atoms with Crippen LogP contribution >= 0.6 is 11.3 Å². The van der Waals surface area contributed by atoms with Crippen molar-refractivity contribution in [3.8, 4) is 0 Å². The van der Waals surface area contributed by atoms with Crippen molar-refractivity contribution in [2.75, 3.05) is 11.1 Å². The maximum atomic E-state index is 12.3. The summed E-state index contributed by atoms with van der Waals surface area (Å²) in [5.41, 5.74) is 1.63. The van der Waals surface area contributed by atoms with Gasteiger partial charge >= 0.3 is 0 Å². The molecule has 0 saturated carbocycles. The molecule has 21 heavy (non-hydrogen) atoms. The number of benzene rings is 1. The average molecular weight is 324 g/mol. The van der Waals surface area contributed by atoms with E-state index in [0.29, 0.717) is 17.0 Å². The van der Waals surface area contributed by atoms with Gasteiger partial charge in [0.2, 0.25) is 0 Å². The molecule has 1 aromatic heterocycles. The lowest BCUT2D eigenvalue weighted by atomic mass is 10.2. The Balaban J connectivity index is 2.29. The van der Waals surface area contributed by atoms with Gasteiger partial charge in [0.15, 0.2) is 9.84 Å². The van der Waals surface area contributed by atoms with Crippen LogP contribution in [0.1, 0.15) is 37.0 Å². The highest BCUT2D eigenvalue weighted by molar-refractivity contribution is 7.91. The van der Waals surface area contributed by atoms with Gasteiger partial charge in [0.25, 0.3) is 0 Å². The largest absolute Gasteiger partial charge is 0.375 e. The summed E-state index contributed by atoms with van der Waals surface area (Å²) in [5.74, 6) is 0.163. The molecular weight excluding hydrogens is 304 g/mol. The van der Waals surface area contributed by atoms with Gasteiger partial charge in [0, 0.05) is 11.1 Å². The Morgan fingerprint density at radius 1 is 1.33 bits per heavy atom. The third-order valence-electron chi connectivity index (χ3n) is 3.07. The topological polar surface area (TPSA) is 59.1 Å². The maximum Gasteiger partial charge on any atom is 0.180 e. The van der Waals surface area contributed by atoms with E-state index in [1.165, 1.54) is 0 Å². The number of rotatable bonds is 6. The lowest BCUT2D eigenvalue weighted by molar-refractivity contribution is 0.595. The molecule has 0 aliphatic heterocycles. The van der Waals surface area contributed by atoms with E-state index >= 15 is 0 Å². The van der Waals surface area contributed by atoms with Crippen LogP contribution in [-0.4, -0.2) is 19.2 Å².